The predicted octanol–water partition coefficient (Wildman–Crippen LogP) is 4.82. The molecule has 0 saturated heterocycles. The van der Waals surface area contributed by atoms with Crippen molar-refractivity contribution >= 4 is 0 Å². The maximum absolute atomic E-state index is 2.36. The van der Waals surface area contributed by atoms with Gasteiger partial charge in [0, 0.05) is 11.1 Å². The summed E-state index contributed by atoms with van der Waals surface area (Å²) in [5.41, 5.74) is 2.91. The van der Waals surface area contributed by atoms with E-state index in [-0.39, 0.29) is 9.41 Å². The topological polar surface area (TPSA) is 0 Å². The normalized spacial score (nSPS) is 11.2. The summed E-state index contributed by atoms with van der Waals surface area (Å²) < 4.78 is 2.22. The van der Waals surface area contributed by atoms with E-state index in [0.717, 1.165) is 22.1 Å². The van der Waals surface area contributed by atoms with Gasteiger partial charge in [0.15, 0.2) is 0 Å². The Morgan fingerprint density at radius 3 is 0.929 bits per heavy atom. The molecule has 0 N–H and O–H groups in total. The zero-order valence-electron chi connectivity index (χ0n) is 28.6. The van der Waals surface area contributed by atoms with Crippen LogP contribution in [0.5, 0.6) is 0 Å². The van der Waals surface area contributed by atoms with Gasteiger partial charge in [0.05, 0.1) is 41.3 Å². The molecule has 0 fully saturated rings. The Labute approximate surface area is 260 Å². The fourth-order valence-corrected chi connectivity index (χ4v) is 5.66. The van der Waals surface area contributed by atoms with Crippen LogP contribution in [0.1, 0.15) is 128 Å². The Morgan fingerprint density at radius 1 is 0.381 bits per heavy atom. The van der Waals surface area contributed by atoms with E-state index in [9.17, 15) is 0 Å². The molecule has 244 valence electrons. The maximum atomic E-state index is 2.36. The molecular formula is C38H68F2N2. The van der Waals surface area contributed by atoms with Gasteiger partial charge in [-0.25, -0.2) is 0 Å². The van der Waals surface area contributed by atoms with Gasteiger partial charge >= 0.3 is 0 Å². The van der Waals surface area contributed by atoms with Gasteiger partial charge in [0.1, 0.15) is 13.1 Å². The van der Waals surface area contributed by atoms with Gasteiger partial charge in [-0.05, 0) is 25.7 Å². The summed E-state index contributed by atoms with van der Waals surface area (Å²) in [6.45, 7) is 9.46. The van der Waals surface area contributed by atoms with E-state index in [1.165, 1.54) is 127 Å². The SMILES string of the molecule is CCCCCCCCCCCC[N+](C)(C)Cc1ccccc1.CCCCCCCC[N+](C)(C)Cc1ccccc1.[F-].[F-]. The summed E-state index contributed by atoms with van der Waals surface area (Å²) in [6.07, 6.45) is 22.6. The molecule has 0 heterocycles. The lowest BCUT2D eigenvalue weighted by Crippen LogP contribution is -3.00. The molecule has 42 heavy (non-hydrogen) atoms. The fourth-order valence-electron chi connectivity index (χ4n) is 5.66. The highest BCUT2D eigenvalue weighted by molar-refractivity contribution is 5.14. The first-order valence-electron chi connectivity index (χ1n) is 17.0. The van der Waals surface area contributed by atoms with Crippen LogP contribution >= 0.6 is 0 Å². The van der Waals surface area contributed by atoms with Crippen molar-refractivity contribution in [3.63, 3.8) is 0 Å². The van der Waals surface area contributed by atoms with E-state index in [0.29, 0.717) is 0 Å². The molecule has 0 aliphatic rings. The second-order valence-electron chi connectivity index (χ2n) is 13.6. The molecule has 2 rings (SSSR count). The van der Waals surface area contributed by atoms with Gasteiger partial charge in [0.25, 0.3) is 0 Å². The summed E-state index contributed by atoms with van der Waals surface area (Å²) in [5.74, 6) is 0. The number of hydrogen-bond acceptors (Lipinski definition) is 0. The minimum atomic E-state index is 0. The number of halogens is 2. The molecule has 0 unspecified atom stereocenters. The molecule has 2 nitrogen and oxygen atoms in total. The first-order chi connectivity index (χ1) is 19.3. The van der Waals surface area contributed by atoms with Crippen LogP contribution in [0.4, 0.5) is 0 Å². The van der Waals surface area contributed by atoms with E-state index in [2.05, 4.69) is 103 Å². The average molecular weight is 591 g/mol. The number of unbranched alkanes of at least 4 members (excludes halogenated alkanes) is 14. The van der Waals surface area contributed by atoms with Crippen LogP contribution in [0.25, 0.3) is 0 Å². The van der Waals surface area contributed by atoms with Gasteiger partial charge in [-0.1, -0.05) is 152 Å². The molecule has 0 aliphatic carbocycles. The fraction of sp³-hybridized carbons (Fsp3) is 0.684. The molecule has 0 aliphatic heterocycles. The summed E-state index contributed by atoms with van der Waals surface area (Å²) in [7, 11) is 9.42. The molecule has 0 bridgehead atoms. The molecule has 0 atom stereocenters. The van der Waals surface area contributed by atoms with E-state index in [1.54, 1.807) is 0 Å². The second kappa shape index (κ2) is 26.8. The smallest absolute Gasteiger partial charge is 0.104 e. The minimum absolute atomic E-state index is 0. The van der Waals surface area contributed by atoms with Crippen molar-refractivity contribution in [1.29, 1.82) is 0 Å². The summed E-state index contributed by atoms with van der Waals surface area (Å²) >= 11 is 0. The Balaban J connectivity index is 0. The Bertz CT molecular complexity index is 808. The standard InChI is InChI=1S/C21H38N.C17H30N.2FH/c1-4-5-6-7-8-9-10-11-12-16-19-22(2,3)20-21-17-14-13-15-18-21;1-4-5-6-7-8-12-15-18(2,3)16-17-13-10-9-11-14-17;;/h13-15,17-18H,4-12,16,19-20H2,1-3H3;9-11,13-14H,4-8,12,15-16H2,1-3H3;2*1H/q2*+1;;/p-2. The first kappa shape index (κ1) is 42.4. The second-order valence-corrected chi connectivity index (χ2v) is 13.6. The molecule has 0 aromatic heterocycles. The third-order valence-electron chi connectivity index (χ3n) is 8.14. The molecule has 0 spiro atoms. The quantitative estimate of drug-likeness (QED) is 0.136. The number of quaternary nitrogens is 2. The molecule has 2 aromatic rings. The molecule has 0 radical (unpaired) electrons. The van der Waals surface area contributed by atoms with Gasteiger partial charge in [0.2, 0.25) is 0 Å². The summed E-state index contributed by atoms with van der Waals surface area (Å²) in [4.78, 5) is 0. The van der Waals surface area contributed by atoms with Gasteiger partial charge in [-0.15, -0.1) is 0 Å². The molecule has 0 amide bonds. The molecule has 0 saturated carbocycles. The maximum Gasteiger partial charge on any atom is 0.104 e. The molecule has 2 aromatic carbocycles. The van der Waals surface area contributed by atoms with E-state index < -0.39 is 0 Å². The third kappa shape index (κ3) is 24.8. The number of rotatable bonds is 22. The van der Waals surface area contributed by atoms with Crippen LogP contribution in [0, 0.1) is 0 Å². The van der Waals surface area contributed by atoms with Crippen molar-refractivity contribution in [2.24, 2.45) is 0 Å². The monoisotopic (exact) mass is 591 g/mol. The highest BCUT2D eigenvalue weighted by Gasteiger charge is 2.15. The zero-order valence-corrected chi connectivity index (χ0v) is 28.6. The number of hydrogen-bond donors (Lipinski definition) is 0. The Kier molecular flexibility index (Phi) is 27.0. The largest absolute Gasteiger partial charge is 1.00 e. The van der Waals surface area contributed by atoms with Crippen molar-refractivity contribution in [1.82, 2.24) is 0 Å². The van der Waals surface area contributed by atoms with Crippen LogP contribution in [0.15, 0.2) is 60.7 Å². The average Bonchev–Trinajstić information content (AvgIpc) is 2.92. The van der Waals surface area contributed by atoms with Crippen molar-refractivity contribution in [3.05, 3.63) is 71.8 Å². The lowest BCUT2D eigenvalue weighted by atomic mass is 10.1. The summed E-state index contributed by atoms with van der Waals surface area (Å²) in [6, 6.07) is 21.7. The zero-order chi connectivity index (χ0) is 29.4. The van der Waals surface area contributed by atoms with Crippen molar-refractivity contribution in [2.75, 3.05) is 41.3 Å². The van der Waals surface area contributed by atoms with Gasteiger partial charge < -0.3 is 18.4 Å². The van der Waals surface area contributed by atoms with Crippen LogP contribution in [-0.4, -0.2) is 50.2 Å². The van der Waals surface area contributed by atoms with Gasteiger partial charge in [-0.2, -0.15) is 0 Å². The van der Waals surface area contributed by atoms with E-state index in [4.69, 9.17) is 0 Å². The number of benzene rings is 2. The highest BCUT2D eigenvalue weighted by atomic mass is 19.0. The van der Waals surface area contributed by atoms with Gasteiger partial charge in [-0.3, -0.25) is 0 Å². The Hall–Kier alpha value is -1.78. The van der Waals surface area contributed by atoms with E-state index in [1.807, 2.05) is 0 Å². The van der Waals surface area contributed by atoms with Crippen molar-refractivity contribution < 1.29 is 18.4 Å². The van der Waals surface area contributed by atoms with Crippen molar-refractivity contribution in [3.8, 4) is 0 Å². The highest BCUT2D eigenvalue weighted by Crippen LogP contribution is 2.15. The first-order valence-corrected chi connectivity index (χ1v) is 17.0. The van der Waals surface area contributed by atoms with E-state index >= 15 is 0 Å². The number of nitrogens with zero attached hydrogens (tertiary/aromatic N) is 2. The molecular weight excluding hydrogens is 522 g/mol. The predicted molar refractivity (Wildman–Crippen MR) is 179 cm³/mol. The lowest BCUT2D eigenvalue weighted by Gasteiger charge is -2.30. The Morgan fingerprint density at radius 2 is 0.643 bits per heavy atom. The van der Waals surface area contributed by atoms with Crippen LogP contribution < -0.4 is 9.41 Å². The third-order valence-corrected chi connectivity index (χ3v) is 8.14. The van der Waals surface area contributed by atoms with Crippen LogP contribution in [-0.2, 0) is 13.1 Å². The van der Waals surface area contributed by atoms with Crippen LogP contribution in [0.2, 0.25) is 0 Å². The lowest BCUT2D eigenvalue weighted by molar-refractivity contribution is -0.903. The summed E-state index contributed by atoms with van der Waals surface area (Å²) in [5, 5.41) is 0. The molecule has 4 heteroatoms. The minimum Gasteiger partial charge on any atom is -1.00 e. The van der Waals surface area contributed by atoms with Crippen LogP contribution in [0.3, 0.4) is 0 Å². The van der Waals surface area contributed by atoms with Crippen molar-refractivity contribution in [2.45, 2.75) is 130 Å².